The second-order valence-electron chi connectivity index (χ2n) is 9.85. The molecule has 0 heterocycles. The molecule has 3 heteroatoms. The lowest BCUT2D eigenvalue weighted by atomic mass is 9.69. The molecule has 1 aliphatic rings. The zero-order valence-electron chi connectivity index (χ0n) is 20.8. The van der Waals surface area contributed by atoms with Gasteiger partial charge in [-0.15, -0.1) is 13.2 Å². The van der Waals surface area contributed by atoms with Gasteiger partial charge in [-0.3, -0.25) is 4.79 Å². The molecule has 0 radical (unpaired) electrons. The molecule has 1 aliphatic carbocycles. The number of rotatable bonds is 23. The summed E-state index contributed by atoms with van der Waals surface area (Å²) in [6.07, 6.45) is 28.5. The highest BCUT2D eigenvalue weighted by atomic mass is 79.9. The van der Waals surface area contributed by atoms with E-state index in [1.807, 2.05) is 6.08 Å². The Morgan fingerprint density at radius 1 is 0.781 bits per heavy atom. The molecule has 0 aromatic rings. The summed E-state index contributed by atoms with van der Waals surface area (Å²) in [5.74, 6) is 1.92. The van der Waals surface area contributed by atoms with Crippen LogP contribution < -0.4 is 0 Å². The number of allylic oxidation sites excluding steroid dienone is 2. The summed E-state index contributed by atoms with van der Waals surface area (Å²) in [5.41, 5.74) is 0. The zero-order valence-corrected chi connectivity index (χ0v) is 22.4. The molecule has 0 bridgehead atoms. The first-order valence-electron chi connectivity index (χ1n) is 13.7. The van der Waals surface area contributed by atoms with Gasteiger partial charge >= 0.3 is 5.97 Å². The van der Waals surface area contributed by atoms with Gasteiger partial charge in [0, 0.05) is 11.8 Å². The van der Waals surface area contributed by atoms with Crippen LogP contribution in [0.4, 0.5) is 0 Å². The number of esters is 1. The predicted molar refractivity (Wildman–Crippen MR) is 143 cm³/mol. The molecule has 1 fully saturated rings. The van der Waals surface area contributed by atoms with E-state index in [0.717, 1.165) is 42.8 Å². The van der Waals surface area contributed by atoms with Gasteiger partial charge in [-0.25, -0.2) is 0 Å². The van der Waals surface area contributed by atoms with Crippen molar-refractivity contribution >= 4 is 21.9 Å². The molecule has 0 N–H and O–H groups in total. The van der Waals surface area contributed by atoms with Crippen LogP contribution in [0.25, 0.3) is 0 Å². The maximum atomic E-state index is 12.2. The molecule has 3 atom stereocenters. The molecular weight excluding hydrogens is 460 g/mol. The quantitative estimate of drug-likeness (QED) is 0.0591. The van der Waals surface area contributed by atoms with Crippen molar-refractivity contribution in [2.75, 3.05) is 5.33 Å². The van der Waals surface area contributed by atoms with Crippen LogP contribution in [0, 0.1) is 11.8 Å². The van der Waals surface area contributed by atoms with E-state index in [2.05, 4.69) is 35.2 Å². The van der Waals surface area contributed by atoms with Crippen molar-refractivity contribution in [2.24, 2.45) is 11.8 Å². The maximum absolute atomic E-state index is 12.2. The molecule has 0 aromatic heterocycles. The fourth-order valence-corrected chi connectivity index (χ4v) is 5.23. The summed E-state index contributed by atoms with van der Waals surface area (Å²) >= 11 is 3.41. The molecule has 0 aromatic carbocycles. The minimum atomic E-state index is -0.00352. The van der Waals surface area contributed by atoms with Crippen molar-refractivity contribution in [2.45, 2.75) is 135 Å². The minimum absolute atomic E-state index is 0.00352. The Bertz CT molecular complexity index is 476. The first-order chi connectivity index (χ1) is 15.7. The van der Waals surface area contributed by atoms with Crippen LogP contribution in [0.15, 0.2) is 25.3 Å². The molecule has 32 heavy (non-hydrogen) atoms. The van der Waals surface area contributed by atoms with Crippen LogP contribution in [0.2, 0.25) is 0 Å². The van der Waals surface area contributed by atoms with E-state index >= 15 is 0 Å². The minimum Gasteiger partial charge on any atom is -0.462 e. The van der Waals surface area contributed by atoms with Crippen LogP contribution in [0.3, 0.4) is 0 Å². The van der Waals surface area contributed by atoms with Crippen molar-refractivity contribution in [1.29, 1.82) is 0 Å². The highest BCUT2D eigenvalue weighted by molar-refractivity contribution is 9.09. The number of carbonyl (C=O) groups is 1. The van der Waals surface area contributed by atoms with Gasteiger partial charge in [-0.05, 0) is 82.5 Å². The van der Waals surface area contributed by atoms with Gasteiger partial charge in [0.25, 0.3) is 0 Å². The van der Waals surface area contributed by atoms with Gasteiger partial charge in [-0.2, -0.15) is 0 Å². The number of carbonyl (C=O) groups excluding carboxylic acids is 1. The van der Waals surface area contributed by atoms with E-state index in [1.165, 1.54) is 96.3 Å². The Hall–Kier alpha value is -0.570. The number of hydrogen-bond donors (Lipinski definition) is 0. The van der Waals surface area contributed by atoms with Gasteiger partial charge in [-0.1, -0.05) is 79.4 Å². The molecule has 0 saturated heterocycles. The van der Waals surface area contributed by atoms with Crippen molar-refractivity contribution in [1.82, 2.24) is 0 Å². The fraction of sp³-hybridized carbons (Fsp3) is 0.828. The lowest BCUT2D eigenvalue weighted by Gasteiger charge is -2.37. The standard InChI is InChI=1S/C29H51BrO2/c1-3-5-7-8-9-10-11-12-15-20-28(32-29(31)22-17-25-30)21-16-13-14-19-27-24-23-26(27)18-6-4-2/h3-4,26-28H,1-2,5-25H2/t26?,27?,28-/m1/s1. The summed E-state index contributed by atoms with van der Waals surface area (Å²) < 4.78 is 5.87. The third-order valence-corrected chi connectivity index (χ3v) is 7.73. The predicted octanol–water partition coefficient (Wildman–Crippen LogP) is 9.71. The van der Waals surface area contributed by atoms with E-state index in [1.54, 1.807) is 0 Å². The molecule has 0 amide bonds. The Morgan fingerprint density at radius 2 is 1.34 bits per heavy atom. The third kappa shape index (κ3) is 15.3. The number of unbranched alkanes of at least 4 members (excludes halogenated alkanes) is 9. The molecule has 1 saturated carbocycles. The first-order valence-corrected chi connectivity index (χ1v) is 14.8. The molecule has 2 unspecified atom stereocenters. The second-order valence-corrected chi connectivity index (χ2v) is 10.6. The van der Waals surface area contributed by atoms with E-state index < -0.39 is 0 Å². The summed E-state index contributed by atoms with van der Waals surface area (Å²) in [7, 11) is 0. The molecular formula is C29H51BrO2. The van der Waals surface area contributed by atoms with Gasteiger partial charge < -0.3 is 4.74 Å². The van der Waals surface area contributed by atoms with Crippen molar-refractivity contribution in [3.05, 3.63) is 25.3 Å². The average Bonchev–Trinajstić information content (AvgIpc) is 2.78. The number of alkyl halides is 1. The summed E-state index contributed by atoms with van der Waals surface area (Å²) in [5, 5.41) is 0.870. The van der Waals surface area contributed by atoms with Crippen LogP contribution >= 0.6 is 15.9 Å². The Labute approximate surface area is 208 Å². The monoisotopic (exact) mass is 510 g/mol. The SMILES string of the molecule is C=CCCCCCCCCC[C@H](CCCCCC1CCC1CCC=C)OC(=O)CCCBr. The van der Waals surface area contributed by atoms with Crippen LogP contribution in [0.5, 0.6) is 0 Å². The van der Waals surface area contributed by atoms with Gasteiger partial charge in [0.1, 0.15) is 6.10 Å². The van der Waals surface area contributed by atoms with Crippen LogP contribution in [0.1, 0.15) is 128 Å². The fourth-order valence-electron chi connectivity index (χ4n) is 4.95. The van der Waals surface area contributed by atoms with E-state index in [0.29, 0.717) is 6.42 Å². The summed E-state index contributed by atoms with van der Waals surface area (Å²) in [4.78, 5) is 12.2. The van der Waals surface area contributed by atoms with Crippen molar-refractivity contribution in [3.63, 3.8) is 0 Å². The van der Waals surface area contributed by atoms with Crippen LogP contribution in [-0.4, -0.2) is 17.4 Å². The molecule has 0 spiro atoms. The lowest BCUT2D eigenvalue weighted by Crippen LogP contribution is -2.25. The van der Waals surface area contributed by atoms with Crippen LogP contribution in [-0.2, 0) is 9.53 Å². The van der Waals surface area contributed by atoms with Crippen molar-refractivity contribution in [3.8, 4) is 0 Å². The molecule has 0 aliphatic heterocycles. The largest absolute Gasteiger partial charge is 0.462 e. The van der Waals surface area contributed by atoms with E-state index in [-0.39, 0.29) is 12.1 Å². The normalized spacial score (nSPS) is 18.7. The average molecular weight is 512 g/mol. The van der Waals surface area contributed by atoms with Gasteiger partial charge in [0.15, 0.2) is 0 Å². The molecule has 1 rings (SSSR count). The Morgan fingerprint density at radius 3 is 1.94 bits per heavy atom. The Balaban J connectivity index is 2.17. The molecule has 186 valence electrons. The number of ether oxygens (including phenoxy) is 1. The van der Waals surface area contributed by atoms with E-state index in [9.17, 15) is 4.79 Å². The van der Waals surface area contributed by atoms with Gasteiger partial charge in [0.2, 0.25) is 0 Å². The second kappa shape index (κ2) is 21.0. The number of hydrogen-bond acceptors (Lipinski definition) is 2. The van der Waals surface area contributed by atoms with Crippen molar-refractivity contribution < 1.29 is 9.53 Å². The highest BCUT2D eigenvalue weighted by Crippen LogP contribution is 2.40. The third-order valence-electron chi connectivity index (χ3n) is 7.16. The Kier molecular flexibility index (Phi) is 19.3. The number of halogens is 1. The topological polar surface area (TPSA) is 26.3 Å². The molecule has 2 nitrogen and oxygen atoms in total. The smallest absolute Gasteiger partial charge is 0.306 e. The maximum Gasteiger partial charge on any atom is 0.306 e. The first kappa shape index (κ1) is 29.5. The highest BCUT2D eigenvalue weighted by Gasteiger charge is 2.29. The zero-order chi connectivity index (χ0) is 23.3. The summed E-state index contributed by atoms with van der Waals surface area (Å²) in [6, 6.07) is 0. The van der Waals surface area contributed by atoms with Gasteiger partial charge in [0.05, 0.1) is 0 Å². The van der Waals surface area contributed by atoms with E-state index in [4.69, 9.17) is 4.74 Å². The summed E-state index contributed by atoms with van der Waals surface area (Å²) in [6.45, 7) is 7.65. The lowest BCUT2D eigenvalue weighted by molar-refractivity contribution is -0.149.